The van der Waals surface area contributed by atoms with Gasteiger partial charge in [-0.3, -0.25) is 0 Å². The van der Waals surface area contributed by atoms with Crippen LogP contribution in [0.15, 0.2) is 67.0 Å². The second kappa shape index (κ2) is 11.9. The molecule has 0 saturated heterocycles. The fourth-order valence-electron chi connectivity index (χ4n) is 2.91. The first-order chi connectivity index (χ1) is 16.4. The highest BCUT2D eigenvalue weighted by Gasteiger charge is 2.10. The van der Waals surface area contributed by atoms with Gasteiger partial charge in [0.05, 0.1) is 23.2 Å². The van der Waals surface area contributed by atoms with Gasteiger partial charge >= 0.3 is 5.97 Å². The number of carboxylic acid groups (broad SMARTS) is 1. The number of hydrogen-bond donors (Lipinski definition) is 3. The summed E-state index contributed by atoms with van der Waals surface area (Å²) in [5.74, 6) is -0.459. The third kappa shape index (κ3) is 6.61. The molecule has 176 valence electrons. The number of halogens is 2. The summed E-state index contributed by atoms with van der Waals surface area (Å²) in [5.41, 5.74) is 4.51. The second-order valence-corrected chi connectivity index (χ2v) is 7.26. The van der Waals surface area contributed by atoms with Crippen LogP contribution in [0.5, 0.6) is 5.75 Å². The van der Waals surface area contributed by atoms with E-state index in [2.05, 4.69) is 25.6 Å². The molecule has 3 N–H and O–H groups in total. The molecule has 0 aliphatic heterocycles. The Morgan fingerprint density at radius 1 is 1.12 bits per heavy atom. The van der Waals surface area contributed by atoms with Crippen molar-refractivity contribution in [3.63, 3.8) is 0 Å². The molecule has 0 spiro atoms. The molecule has 8 nitrogen and oxygen atoms in total. The summed E-state index contributed by atoms with van der Waals surface area (Å²) in [6.45, 7) is 0.179. The van der Waals surface area contributed by atoms with Gasteiger partial charge in [0.2, 0.25) is 0 Å². The first kappa shape index (κ1) is 24.8. The predicted molar refractivity (Wildman–Crippen MR) is 128 cm³/mol. The van der Waals surface area contributed by atoms with Crippen LogP contribution in [0.3, 0.4) is 0 Å². The molecule has 1 heterocycles. The van der Waals surface area contributed by atoms with E-state index in [1.807, 2.05) is 0 Å². The maximum atomic E-state index is 13.3. The Kier molecular flexibility index (Phi) is 8.69. The number of nitrogens with zero attached hydrogens (tertiary/aromatic N) is 2. The Balaban J connectivity index is 0.000000751. The van der Waals surface area contributed by atoms with E-state index in [0.717, 1.165) is 0 Å². The number of benzene rings is 3. The fraction of sp³-hybridized carbons (Fsp3) is 0.125. The second-order valence-electron chi connectivity index (χ2n) is 6.86. The highest BCUT2D eigenvalue weighted by Crippen LogP contribution is 2.31. The third-order valence-electron chi connectivity index (χ3n) is 4.56. The van der Waals surface area contributed by atoms with Gasteiger partial charge in [-0.2, -0.15) is 0 Å². The minimum atomic E-state index is -1.03. The van der Waals surface area contributed by atoms with Crippen LogP contribution in [0.25, 0.3) is 10.9 Å². The molecule has 0 unspecified atom stereocenters. The summed E-state index contributed by atoms with van der Waals surface area (Å²) in [7, 11) is 3.28. The number of hydrogen-bond acceptors (Lipinski definition) is 7. The molecule has 34 heavy (non-hydrogen) atoms. The van der Waals surface area contributed by atoms with E-state index in [-0.39, 0.29) is 18.0 Å². The van der Waals surface area contributed by atoms with Crippen LogP contribution in [0.1, 0.15) is 15.9 Å². The zero-order chi connectivity index (χ0) is 24.5. The van der Waals surface area contributed by atoms with Gasteiger partial charge in [-0.1, -0.05) is 23.7 Å². The number of nitrogens with one attached hydrogen (secondary N) is 2. The van der Waals surface area contributed by atoms with Crippen LogP contribution >= 0.6 is 11.6 Å². The van der Waals surface area contributed by atoms with Gasteiger partial charge in [0.1, 0.15) is 30.3 Å². The highest BCUT2D eigenvalue weighted by molar-refractivity contribution is 6.32. The molecule has 0 aliphatic carbocycles. The van der Waals surface area contributed by atoms with Crippen molar-refractivity contribution < 1.29 is 23.9 Å². The Hall–Kier alpha value is -3.79. The van der Waals surface area contributed by atoms with Crippen molar-refractivity contribution >= 4 is 40.0 Å². The maximum absolute atomic E-state index is 13.3. The van der Waals surface area contributed by atoms with Crippen molar-refractivity contribution in [2.45, 2.75) is 6.61 Å². The molecule has 1 aromatic heterocycles. The largest absolute Gasteiger partial charge is 0.487 e. The molecule has 4 rings (SSSR count). The smallest absolute Gasteiger partial charge is 0.335 e. The monoisotopic (exact) mass is 484 g/mol. The SMILES string of the molecule is CNOC.O=C(O)c1ccc2ncnc(Nc3ccc(OCc4cccc(F)c4)c(Cl)c3)c2c1. The number of carbonyl (C=O) groups is 1. The van der Waals surface area contributed by atoms with Gasteiger partial charge in [-0.05, 0) is 54.1 Å². The zero-order valence-corrected chi connectivity index (χ0v) is 19.1. The molecule has 0 saturated carbocycles. The van der Waals surface area contributed by atoms with Crippen molar-refractivity contribution in [3.05, 3.63) is 89.0 Å². The van der Waals surface area contributed by atoms with Crippen molar-refractivity contribution in [2.75, 3.05) is 19.5 Å². The number of fused-ring (bicyclic) bond motifs is 1. The molecule has 10 heteroatoms. The van der Waals surface area contributed by atoms with Gasteiger partial charge < -0.3 is 20.0 Å². The summed E-state index contributed by atoms with van der Waals surface area (Å²) in [4.78, 5) is 23.9. The van der Waals surface area contributed by atoms with Crippen LogP contribution in [0.2, 0.25) is 5.02 Å². The molecule has 0 fully saturated rings. The van der Waals surface area contributed by atoms with Crippen LogP contribution < -0.4 is 15.5 Å². The molecule has 0 radical (unpaired) electrons. The van der Waals surface area contributed by atoms with Crippen LogP contribution in [0.4, 0.5) is 15.9 Å². The number of rotatable bonds is 7. The molecule has 0 amide bonds. The first-order valence-electron chi connectivity index (χ1n) is 10.0. The quantitative estimate of drug-likeness (QED) is 0.307. The maximum Gasteiger partial charge on any atom is 0.335 e. The molecule has 4 aromatic rings. The van der Waals surface area contributed by atoms with Gasteiger partial charge in [0.25, 0.3) is 0 Å². The zero-order valence-electron chi connectivity index (χ0n) is 18.4. The van der Waals surface area contributed by atoms with E-state index in [9.17, 15) is 14.3 Å². The summed E-state index contributed by atoms with van der Waals surface area (Å²) in [6.07, 6.45) is 1.39. The van der Waals surface area contributed by atoms with E-state index < -0.39 is 5.97 Å². The van der Waals surface area contributed by atoms with Gasteiger partial charge in [-0.25, -0.2) is 24.6 Å². The van der Waals surface area contributed by atoms with E-state index in [1.165, 1.54) is 30.6 Å². The van der Waals surface area contributed by atoms with Crippen molar-refractivity contribution in [1.29, 1.82) is 0 Å². The van der Waals surface area contributed by atoms with Crippen LogP contribution in [0, 0.1) is 5.82 Å². The number of ether oxygens (including phenoxy) is 1. The topological polar surface area (TPSA) is 106 Å². The normalized spacial score (nSPS) is 10.4. The lowest BCUT2D eigenvalue weighted by Crippen LogP contribution is -2.00. The van der Waals surface area contributed by atoms with Crippen LogP contribution in [-0.4, -0.2) is 35.2 Å². The number of carboxylic acids is 1. The lowest BCUT2D eigenvalue weighted by Gasteiger charge is -2.12. The molecule has 0 atom stereocenters. The molecule has 0 bridgehead atoms. The lowest BCUT2D eigenvalue weighted by atomic mass is 10.1. The predicted octanol–water partition coefficient (Wildman–Crippen LogP) is 5.21. The molecule has 3 aromatic carbocycles. The number of hydroxylamine groups is 1. The Morgan fingerprint density at radius 3 is 2.59 bits per heavy atom. The van der Waals surface area contributed by atoms with Gasteiger partial charge in [0.15, 0.2) is 0 Å². The minimum absolute atomic E-state index is 0.138. The van der Waals surface area contributed by atoms with Gasteiger partial charge in [0, 0.05) is 18.1 Å². The van der Waals surface area contributed by atoms with Crippen molar-refractivity contribution in [1.82, 2.24) is 15.4 Å². The summed E-state index contributed by atoms with van der Waals surface area (Å²) in [6, 6.07) is 15.9. The number of anilines is 2. The van der Waals surface area contributed by atoms with Crippen LogP contribution in [-0.2, 0) is 11.4 Å². The first-order valence-corrected chi connectivity index (χ1v) is 10.4. The van der Waals surface area contributed by atoms with E-state index >= 15 is 0 Å². The molecular weight excluding hydrogens is 463 g/mol. The van der Waals surface area contributed by atoms with E-state index in [0.29, 0.717) is 38.7 Å². The number of aromatic carboxylic acids is 1. The summed E-state index contributed by atoms with van der Waals surface area (Å²) < 4.78 is 19.0. The summed E-state index contributed by atoms with van der Waals surface area (Å²) in [5, 5.41) is 13.3. The fourth-order valence-corrected chi connectivity index (χ4v) is 3.14. The van der Waals surface area contributed by atoms with E-state index in [4.69, 9.17) is 16.3 Å². The molecule has 0 aliphatic rings. The summed E-state index contributed by atoms with van der Waals surface area (Å²) >= 11 is 6.33. The lowest BCUT2D eigenvalue weighted by molar-refractivity contribution is 0.0697. The van der Waals surface area contributed by atoms with E-state index in [1.54, 1.807) is 50.6 Å². The Labute approximate surface area is 200 Å². The van der Waals surface area contributed by atoms with Crippen molar-refractivity contribution in [3.8, 4) is 5.75 Å². The average Bonchev–Trinajstić information content (AvgIpc) is 2.83. The Morgan fingerprint density at radius 2 is 1.91 bits per heavy atom. The Bertz CT molecular complexity index is 1290. The highest BCUT2D eigenvalue weighted by atomic mass is 35.5. The molecular formula is C24H22ClFN4O4. The van der Waals surface area contributed by atoms with Crippen molar-refractivity contribution in [2.24, 2.45) is 0 Å². The standard InChI is InChI=1S/C22H15ClFN3O3.C2H7NO/c23-18-10-16(5-7-20(18)30-11-13-2-1-3-15(24)8-13)27-21-17-9-14(22(28)29)4-6-19(17)25-12-26-21;1-3-4-2/h1-10,12H,11H2,(H,28,29)(H,25,26,27);3H,1-2H3. The number of aromatic nitrogens is 2. The average molecular weight is 485 g/mol. The third-order valence-corrected chi connectivity index (χ3v) is 4.86. The minimum Gasteiger partial charge on any atom is -0.487 e. The van der Waals surface area contributed by atoms with Gasteiger partial charge in [-0.15, -0.1) is 0 Å².